The first-order valence-corrected chi connectivity index (χ1v) is 10.9. The number of hydrogen-bond donors (Lipinski definition) is 3. The smallest absolute Gasteiger partial charge is 0.248 e. The first-order chi connectivity index (χ1) is 16.9. The lowest BCUT2D eigenvalue weighted by atomic mass is 9.40. The van der Waals surface area contributed by atoms with Gasteiger partial charge < -0.3 is 20.7 Å². The minimum atomic E-state index is -3.00. The van der Waals surface area contributed by atoms with Gasteiger partial charge in [0.15, 0.2) is 11.6 Å². The van der Waals surface area contributed by atoms with Crippen LogP contribution in [0.3, 0.4) is 0 Å². The average molecular weight is 481 g/mol. The van der Waals surface area contributed by atoms with Gasteiger partial charge in [-0.25, -0.2) is 14.1 Å². The number of ether oxygens (including phenoxy) is 1. The van der Waals surface area contributed by atoms with Gasteiger partial charge in [-0.1, -0.05) is 5.11 Å². The van der Waals surface area contributed by atoms with Crippen LogP contribution < -0.4 is 10.5 Å². The molecular weight excluding hydrogens is 462 g/mol. The van der Waals surface area contributed by atoms with Gasteiger partial charge in [0.25, 0.3) is 0 Å². The lowest BCUT2D eigenvalue weighted by Gasteiger charge is -2.37. The molecule has 14 heteroatoms. The molecule has 0 saturated heterocycles. The monoisotopic (exact) mass is 481 g/mol. The standard InChI is InChI=1S/C22H19B3FN7O3/c1-10-15-7-13(26)3-4-14(15)18-16(30-32(2)31-18)5-11-9-29-33(22(34,35)21(23,24)25)19(11)12-6-17(36-10)20(27)28-8-12/h3-4,6-10,34-35H,5H2,1-2H3,(H2,27,28)/t10-/m1/s1. The zero-order chi connectivity index (χ0) is 26.0. The van der Waals surface area contributed by atoms with Gasteiger partial charge in [-0.3, -0.25) is 0 Å². The number of aromatic nitrogens is 6. The maximum absolute atomic E-state index is 14.3. The molecule has 0 unspecified atom stereocenters. The summed E-state index contributed by atoms with van der Waals surface area (Å²) in [4.78, 5) is 5.59. The highest BCUT2D eigenvalue weighted by Crippen LogP contribution is 2.40. The number of pyridine rings is 1. The summed E-state index contributed by atoms with van der Waals surface area (Å²) in [5.41, 5.74) is 9.24. The van der Waals surface area contributed by atoms with Crippen LogP contribution >= 0.6 is 0 Å². The lowest BCUT2D eigenvalue weighted by Crippen LogP contribution is -2.48. The van der Waals surface area contributed by atoms with Gasteiger partial charge in [0.2, 0.25) is 5.91 Å². The Hall–Kier alpha value is -3.64. The summed E-state index contributed by atoms with van der Waals surface area (Å²) in [6.45, 7) is 1.74. The Morgan fingerprint density at radius 3 is 2.64 bits per heavy atom. The van der Waals surface area contributed by atoms with Crippen LogP contribution in [0.2, 0.25) is 5.11 Å². The number of nitrogen functional groups attached to an aromatic ring is 1. The molecule has 6 radical (unpaired) electrons. The number of nitrogens with two attached hydrogens (primary N) is 1. The highest BCUT2D eigenvalue weighted by molar-refractivity contribution is 6.59. The zero-order valence-electron chi connectivity index (χ0n) is 19.4. The molecule has 0 spiro atoms. The summed E-state index contributed by atoms with van der Waals surface area (Å²) >= 11 is 0. The van der Waals surface area contributed by atoms with Gasteiger partial charge in [0.05, 0.1) is 41.1 Å². The van der Waals surface area contributed by atoms with Crippen LogP contribution in [0.15, 0.2) is 36.7 Å². The molecule has 10 nitrogen and oxygen atoms in total. The quantitative estimate of drug-likeness (QED) is 0.281. The van der Waals surface area contributed by atoms with Gasteiger partial charge in [-0.15, -0.1) is 0 Å². The fourth-order valence-electron chi connectivity index (χ4n) is 4.21. The first kappa shape index (κ1) is 24.1. The second-order valence-electron chi connectivity index (χ2n) is 8.76. The van der Waals surface area contributed by atoms with Crippen molar-refractivity contribution in [3.8, 4) is 28.3 Å². The maximum Gasteiger partial charge on any atom is 0.248 e. The van der Waals surface area contributed by atoms with Crippen molar-refractivity contribution in [3.63, 3.8) is 0 Å². The van der Waals surface area contributed by atoms with Crippen molar-refractivity contribution in [1.29, 1.82) is 0 Å². The zero-order valence-corrected chi connectivity index (χ0v) is 19.4. The first-order valence-electron chi connectivity index (χ1n) is 10.9. The second kappa shape index (κ2) is 8.21. The minimum absolute atomic E-state index is 0.0681. The highest BCUT2D eigenvalue weighted by Gasteiger charge is 2.41. The summed E-state index contributed by atoms with van der Waals surface area (Å²) in [6.07, 6.45) is 2.28. The van der Waals surface area contributed by atoms with Crippen LogP contribution in [0.5, 0.6) is 5.75 Å². The van der Waals surface area contributed by atoms with Crippen molar-refractivity contribution in [2.45, 2.75) is 30.5 Å². The molecule has 3 aromatic heterocycles. The third-order valence-corrected chi connectivity index (χ3v) is 6.03. The van der Waals surface area contributed by atoms with Crippen molar-refractivity contribution in [3.05, 3.63) is 59.3 Å². The van der Waals surface area contributed by atoms with Crippen molar-refractivity contribution in [1.82, 2.24) is 29.8 Å². The lowest BCUT2D eigenvalue weighted by molar-refractivity contribution is -0.233. The number of hydrogen-bond acceptors (Lipinski definition) is 8. The van der Waals surface area contributed by atoms with Crippen LogP contribution in [-0.2, 0) is 19.4 Å². The van der Waals surface area contributed by atoms with E-state index in [0.717, 1.165) is 4.68 Å². The summed E-state index contributed by atoms with van der Waals surface area (Å²) in [7, 11) is 18.6. The van der Waals surface area contributed by atoms with E-state index >= 15 is 0 Å². The highest BCUT2D eigenvalue weighted by atomic mass is 19.1. The average Bonchev–Trinajstić information content (AvgIpc) is 3.37. The van der Waals surface area contributed by atoms with E-state index in [2.05, 4.69) is 20.3 Å². The Bertz CT molecular complexity index is 1480. The van der Waals surface area contributed by atoms with Crippen molar-refractivity contribution in [2.75, 3.05) is 5.73 Å². The van der Waals surface area contributed by atoms with Crippen LogP contribution in [0, 0.1) is 5.82 Å². The molecule has 2 bridgehead atoms. The van der Waals surface area contributed by atoms with E-state index in [0.29, 0.717) is 33.6 Å². The largest absolute Gasteiger partial charge is 0.482 e. The summed E-state index contributed by atoms with van der Waals surface area (Å²) in [5, 5.41) is 32.2. The van der Waals surface area contributed by atoms with E-state index in [9.17, 15) is 14.6 Å². The third kappa shape index (κ3) is 3.86. The van der Waals surface area contributed by atoms with E-state index in [-0.39, 0.29) is 23.7 Å². The van der Waals surface area contributed by atoms with E-state index in [1.54, 1.807) is 26.1 Å². The number of anilines is 1. The topological polar surface area (TPSA) is 137 Å². The van der Waals surface area contributed by atoms with Gasteiger partial charge in [-0.2, -0.15) is 20.1 Å². The molecule has 0 saturated carbocycles. The van der Waals surface area contributed by atoms with Crippen LogP contribution in [-0.4, -0.2) is 63.5 Å². The van der Waals surface area contributed by atoms with E-state index < -0.39 is 22.9 Å². The van der Waals surface area contributed by atoms with E-state index in [4.69, 9.17) is 34.0 Å². The summed E-state index contributed by atoms with van der Waals surface area (Å²) in [5.74, 6) is -3.20. The molecule has 0 aliphatic carbocycles. The number of aryl methyl sites for hydroxylation is 1. The Morgan fingerprint density at radius 2 is 1.92 bits per heavy atom. The molecule has 0 amide bonds. The molecular formula is C22H19B3FN7O3. The van der Waals surface area contributed by atoms with E-state index in [1.165, 1.54) is 29.3 Å². The van der Waals surface area contributed by atoms with Crippen LogP contribution in [0.4, 0.5) is 10.2 Å². The van der Waals surface area contributed by atoms with Crippen molar-refractivity contribution in [2.24, 2.45) is 7.05 Å². The van der Waals surface area contributed by atoms with Crippen LogP contribution in [0.1, 0.15) is 29.8 Å². The number of aliphatic hydroxyl groups is 2. The minimum Gasteiger partial charge on any atom is -0.482 e. The SMILES string of the molecule is [B]C([B])([B])C(O)(O)n1ncc2c1-c1cnc(N)c(c1)O[C@H](C)c1cc(F)ccc1-c1nn(C)nc1C2. The third-order valence-electron chi connectivity index (χ3n) is 6.03. The molecule has 1 atom stereocenters. The van der Waals surface area contributed by atoms with Gasteiger partial charge in [0.1, 0.15) is 17.6 Å². The molecule has 176 valence electrons. The Balaban J connectivity index is 1.82. The summed E-state index contributed by atoms with van der Waals surface area (Å²) < 4.78 is 21.2. The van der Waals surface area contributed by atoms with Crippen molar-refractivity contribution >= 4 is 29.4 Å². The van der Waals surface area contributed by atoms with Gasteiger partial charge in [-0.05, 0) is 31.2 Å². The maximum atomic E-state index is 14.3. The number of nitrogens with zero attached hydrogens (tertiary/aromatic N) is 6. The van der Waals surface area contributed by atoms with Gasteiger partial charge in [0, 0.05) is 41.9 Å². The fourth-order valence-corrected chi connectivity index (χ4v) is 4.21. The molecule has 1 aliphatic heterocycles. The van der Waals surface area contributed by atoms with Crippen LogP contribution in [0.25, 0.3) is 22.5 Å². The van der Waals surface area contributed by atoms with Gasteiger partial charge >= 0.3 is 0 Å². The Kier molecular flexibility index (Phi) is 5.49. The fraction of sp³-hybridized carbons (Fsp3) is 0.273. The number of fused-ring (bicyclic) bond motifs is 7. The second-order valence-corrected chi connectivity index (χ2v) is 8.76. The molecule has 1 aromatic carbocycles. The molecule has 0 fully saturated rings. The van der Waals surface area contributed by atoms with Crippen molar-refractivity contribution < 1.29 is 19.3 Å². The number of rotatable bonds is 2. The normalized spacial score (nSPS) is 15.6. The molecule has 4 aromatic rings. The predicted molar refractivity (Wildman–Crippen MR) is 130 cm³/mol. The summed E-state index contributed by atoms with van der Waals surface area (Å²) in [6, 6.07) is 5.85. The Morgan fingerprint density at radius 1 is 1.17 bits per heavy atom. The predicted octanol–water partition coefficient (Wildman–Crippen LogP) is 0.680. The van der Waals surface area contributed by atoms with E-state index in [1.807, 2.05) is 0 Å². The Labute approximate surface area is 209 Å². The molecule has 36 heavy (non-hydrogen) atoms. The number of halogens is 1. The molecule has 5 rings (SSSR count). The molecule has 4 N–H and O–H groups in total. The number of benzene rings is 1. The molecule has 4 heterocycles. The molecule has 1 aliphatic rings.